The number of rotatable bonds is 10. The van der Waals surface area contributed by atoms with Crippen LogP contribution in [0.3, 0.4) is 0 Å². The molecular weight excluding hydrogens is 430 g/mol. The van der Waals surface area contributed by atoms with E-state index in [-0.39, 0.29) is 12.6 Å². The maximum Gasteiger partial charge on any atom is 0.332 e. The third-order valence-corrected chi connectivity index (χ3v) is 5.75. The van der Waals surface area contributed by atoms with E-state index in [9.17, 15) is 4.79 Å². The molecule has 3 aromatic carbocycles. The fourth-order valence-electron chi connectivity index (χ4n) is 3.91. The van der Waals surface area contributed by atoms with E-state index in [1.807, 2.05) is 66.7 Å². The van der Waals surface area contributed by atoms with E-state index in [1.54, 1.807) is 6.92 Å². The van der Waals surface area contributed by atoms with Crippen LogP contribution in [0.2, 0.25) is 0 Å². The van der Waals surface area contributed by atoms with E-state index < -0.39 is 5.60 Å². The van der Waals surface area contributed by atoms with Crippen molar-refractivity contribution in [2.24, 2.45) is 0 Å². The van der Waals surface area contributed by atoms with Crippen molar-refractivity contribution in [3.63, 3.8) is 0 Å². The Kier molecular flexibility index (Phi) is 7.58. The lowest BCUT2D eigenvalue weighted by Crippen LogP contribution is -2.49. The summed E-state index contributed by atoms with van der Waals surface area (Å²) < 4.78 is 22.2. The fraction of sp³-hybridized carbons (Fsp3) is 0.286. The maximum absolute atomic E-state index is 11.7. The molecule has 1 heterocycles. The first kappa shape index (κ1) is 23.5. The minimum Gasteiger partial charge on any atom is -0.489 e. The highest BCUT2D eigenvalue weighted by Crippen LogP contribution is 2.35. The summed E-state index contributed by atoms with van der Waals surface area (Å²) in [4.78, 5) is 11.7. The topological polar surface area (TPSA) is 77.8 Å². The molecule has 4 rings (SSSR count). The number of nitrogens with zero attached hydrogens (tertiary/aromatic N) is 1. The molecule has 174 valence electrons. The first-order chi connectivity index (χ1) is 16.6. The second-order valence-electron chi connectivity index (χ2n) is 8.09. The fourth-order valence-corrected chi connectivity index (χ4v) is 3.91. The quantitative estimate of drug-likeness (QED) is 0.407. The molecule has 0 radical (unpaired) electrons. The lowest BCUT2D eigenvalue weighted by molar-refractivity contribution is -0.221. The highest BCUT2D eigenvalue weighted by atomic mass is 16.6. The van der Waals surface area contributed by atoms with Crippen LogP contribution in [0.25, 0.3) is 11.1 Å². The van der Waals surface area contributed by atoms with Gasteiger partial charge in [-0.05, 0) is 52.9 Å². The molecule has 0 aliphatic carbocycles. The Morgan fingerprint density at radius 3 is 2.56 bits per heavy atom. The van der Waals surface area contributed by atoms with Gasteiger partial charge in [-0.2, -0.15) is 5.26 Å². The van der Waals surface area contributed by atoms with Crippen molar-refractivity contribution in [1.29, 1.82) is 5.26 Å². The molecule has 34 heavy (non-hydrogen) atoms. The molecule has 6 nitrogen and oxygen atoms in total. The van der Waals surface area contributed by atoms with Gasteiger partial charge >= 0.3 is 5.97 Å². The number of benzene rings is 3. The Labute approximate surface area is 199 Å². The summed E-state index contributed by atoms with van der Waals surface area (Å²) in [7, 11) is 0. The van der Waals surface area contributed by atoms with Crippen LogP contribution in [0.4, 0.5) is 0 Å². The molecule has 6 heteroatoms. The van der Waals surface area contributed by atoms with Gasteiger partial charge in [-0.1, -0.05) is 54.6 Å². The Bertz CT molecular complexity index is 1160. The van der Waals surface area contributed by atoms with Crippen molar-refractivity contribution in [2.75, 3.05) is 26.4 Å². The number of hydrogen-bond donors (Lipinski definition) is 0. The zero-order valence-electron chi connectivity index (χ0n) is 19.2. The molecule has 0 atom stereocenters. The summed E-state index contributed by atoms with van der Waals surface area (Å²) in [6.07, 6.45) is 0.374. The number of hydrogen-bond acceptors (Lipinski definition) is 6. The summed E-state index contributed by atoms with van der Waals surface area (Å²) in [5, 5.41) is 9.12. The monoisotopic (exact) mass is 457 g/mol. The smallest absolute Gasteiger partial charge is 0.332 e. The van der Waals surface area contributed by atoms with Gasteiger partial charge in [0.25, 0.3) is 0 Å². The van der Waals surface area contributed by atoms with Gasteiger partial charge in [0.15, 0.2) is 0 Å². The van der Waals surface area contributed by atoms with Crippen LogP contribution in [0.1, 0.15) is 23.6 Å². The standard InChI is InChI=1S/C28H27NO5/c1-2-32-27(30)18-34-28(19-31-20-28)24-10-12-25(13-11-24)33-17-21-6-5-8-23(16-21)26-9-4-3-7-22(26)14-15-29/h3-13,16H,2,14,17-20H2,1H3. The molecular formula is C28H27NO5. The summed E-state index contributed by atoms with van der Waals surface area (Å²) in [5.74, 6) is 0.353. The predicted octanol–water partition coefficient (Wildman–Crippen LogP) is 4.80. The van der Waals surface area contributed by atoms with Gasteiger partial charge in [-0.25, -0.2) is 4.79 Å². The zero-order valence-corrected chi connectivity index (χ0v) is 19.2. The first-order valence-corrected chi connectivity index (χ1v) is 11.3. The number of ether oxygens (including phenoxy) is 4. The van der Waals surface area contributed by atoms with Crippen molar-refractivity contribution < 1.29 is 23.7 Å². The highest BCUT2D eigenvalue weighted by Gasteiger charge is 2.42. The molecule has 0 unspecified atom stereocenters. The number of carbonyl (C=O) groups is 1. The van der Waals surface area contributed by atoms with E-state index in [1.165, 1.54) is 0 Å². The molecule has 1 saturated heterocycles. The lowest BCUT2D eigenvalue weighted by atomic mass is 9.91. The van der Waals surface area contributed by atoms with E-state index in [2.05, 4.69) is 12.1 Å². The van der Waals surface area contributed by atoms with Gasteiger partial charge < -0.3 is 18.9 Å². The number of esters is 1. The molecule has 0 bridgehead atoms. The van der Waals surface area contributed by atoms with E-state index in [4.69, 9.17) is 24.2 Å². The van der Waals surface area contributed by atoms with Crippen LogP contribution < -0.4 is 4.74 Å². The predicted molar refractivity (Wildman–Crippen MR) is 127 cm³/mol. The SMILES string of the molecule is CCOC(=O)COC1(c2ccc(OCc3cccc(-c4ccccc4CC#N)c3)cc2)COC1. The Hall–Kier alpha value is -3.66. The Morgan fingerprint density at radius 1 is 1.06 bits per heavy atom. The van der Waals surface area contributed by atoms with Crippen molar-refractivity contribution in [1.82, 2.24) is 0 Å². The van der Waals surface area contributed by atoms with Crippen molar-refractivity contribution >= 4 is 5.97 Å². The maximum atomic E-state index is 11.7. The van der Waals surface area contributed by atoms with Gasteiger partial charge in [0.2, 0.25) is 0 Å². The van der Waals surface area contributed by atoms with Crippen LogP contribution in [-0.2, 0) is 37.6 Å². The molecule has 0 N–H and O–H groups in total. The average Bonchev–Trinajstić information content (AvgIpc) is 2.84. The number of nitriles is 1. The molecule has 3 aromatic rings. The van der Waals surface area contributed by atoms with Gasteiger partial charge in [0.05, 0.1) is 32.3 Å². The highest BCUT2D eigenvalue weighted by molar-refractivity contribution is 5.70. The third kappa shape index (κ3) is 5.45. The Balaban J connectivity index is 1.40. The van der Waals surface area contributed by atoms with E-state index in [0.29, 0.717) is 32.8 Å². The summed E-state index contributed by atoms with van der Waals surface area (Å²) in [6, 6.07) is 26.0. The van der Waals surface area contributed by atoms with Crippen molar-refractivity contribution in [2.45, 2.75) is 25.6 Å². The van der Waals surface area contributed by atoms with Crippen LogP contribution in [0, 0.1) is 11.3 Å². The van der Waals surface area contributed by atoms with Gasteiger partial charge in [0.1, 0.15) is 24.6 Å². The van der Waals surface area contributed by atoms with Gasteiger partial charge in [0, 0.05) is 0 Å². The van der Waals surface area contributed by atoms with E-state index in [0.717, 1.165) is 33.6 Å². The third-order valence-electron chi connectivity index (χ3n) is 5.75. The number of carbonyl (C=O) groups excluding carboxylic acids is 1. The lowest BCUT2D eigenvalue weighted by Gasteiger charge is -2.41. The average molecular weight is 458 g/mol. The first-order valence-electron chi connectivity index (χ1n) is 11.3. The summed E-state index contributed by atoms with van der Waals surface area (Å²) >= 11 is 0. The minimum absolute atomic E-state index is 0.108. The second kappa shape index (κ2) is 11.0. The minimum atomic E-state index is -0.629. The molecule has 0 aromatic heterocycles. The summed E-state index contributed by atoms with van der Waals surface area (Å²) in [6.45, 7) is 3.19. The molecule has 1 fully saturated rings. The van der Waals surface area contributed by atoms with Gasteiger partial charge in [-0.3, -0.25) is 0 Å². The van der Waals surface area contributed by atoms with Crippen LogP contribution in [-0.4, -0.2) is 32.4 Å². The Morgan fingerprint density at radius 2 is 1.85 bits per heavy atom. The zero-order chi connectivity index (χ0) is 23.8. The van der Waals surface area contributed by atoms with Crippen LogP contribution in [0.15, 0.2) is 72.8 Å². The van der Waals surface area contributed by atoms with Crippen molar-refractivity contribution in [3.05, 3.63) is 89.5 Å². The largest absolute Gasteiger partial charge is 0.489 e. The molecule has 1 aliphatic rings. The van der Waals surface area contributed by atoms with Crippen LogP contribution >= 0.6 is 0 Å². The second-order valence-corrected chi connectivity index (χ2v) is 8.09. The van der Waals surface area contributed by atoms with Crippen molar-refractivity contribution in [3.8, 4) is 22.9 Å². The van der Waals surface area contributed by atoms with Gasteiger partial charge in [-0.15, -0.1) is 0 Å². The van der Waals surface area contributed by atoms with Crippen LogP contribution in [0.5, 0.6) is 5.75 Å². The normalized spacial score (nSPS) is 14.0. The summed E-state index contributed by atoms with van der Waals surface area (Å²) in [5.41, 5.74) is 4.48. The molecule has 0 amide bonds. The molecule has 0 spiro atoms. The van der Waals surface area contributed by atoms with E-state index >= 15 is 0 Å². The molecule has 0 saturated carbocycles. The molecule has 1 aliphatic heterocycles.